The average molecular weight is 541 g/mol. The summed E-state index contributed by atoms with van der Waals surface area (Å²) >= 11 is 13.2. The molecule has 0 atom stereocenters. The van der Waals surface area contributed by atoms with Crippen LogP contribution in [0.4, 0.5) is 10.3 Å². The van der Waals surface area contributed by atoms with Gasteiger partial charge in [0.15, 0.2) is 9.47 Å². The lowest BCUT2D eigenvalue weighted by Gasteiger charge is -2.04. The molecule has 0 saturated heterocycles. The molecule has 0 aliphatic heterocycles. The van der Waals surface area contributed by atoms with E-state index in [1.165, 1.54) is 34.4 Å². The molecular formula is C18H11BrClN5O2S3. The van der Waals surface area contributed by atoms with Gasteiger partial charge in [-0.1, -0.05) is 74.1 Å². The van der Waals surface area contributed by atoms with Crippen molar-refractivity contribution in [2.24, 2.45) is 0 Å². The Hall–Kier alpha value is -2.05. The number of nitrogens with one attached hydrogen (secondary N) is 2. The van der Waals surface area contributed by atoms with Gasteiger partial charge in [-0.2, -0.15) is 0 Å². The highest BCUT2D eigenvalue weighted by Crippen LogP contribution is 2.28. The Morgan fingerprint density at radius 1 is 1.07 bits per heavy atom. The van der Waals surface area contributed by atoms with Gasteiger partial charge < -0.3 is 5.32 Å². The number of carbonyl (C=O) groups excluding carboxylic acids is 2. The van der Waals surface area contributed by atoms with Crippen LogP contribution < -0.4 is 10.6 Å². The van der Waals surface area contributed by atoms with E-state index in [-0.39, 0.29) is 17.6 Å². The number of amides is 2. The van der Waals surface area contributed by atoms with E-state index in [1.807, 2.05) is 24.3 Å². The van der Waals surface area contributed by atoms with Crippen LogP contribution in [-0.4, -0.2) is 32.7 Å². The first kappa shape index (κ1) is 21.2. The van der Waals surface area contributed by atoms with E-state index >= 15 is 0 Å². The molecule has 0 bridgehead atoms. The zero-order valence-electron chi connectivity index (χ0n) is 14.9. The first-order valence-electron chi connectivity index (χ1n) is 8.36. The minimum atomic E-state index is -0.387. The monoisotopic (exact) mass is 539 g/mol. The maximum atomic E-state index is 12.4. The van der Waals surface area contributed by atoms with E-state index in [0.717, 1.165) is 14.7 Å². The number of hydrogen-bond acceptors (Lipinski definition) is 8. The van der Waals surface area contributed by atoms with Crippen molar-refractivity contribution in [3.8, 4) is 0 Å². The Balaban J connectivity index is 1.32. The van der Waals surface area contributed by atoms with Crippen molar-refractivity contribution in [3.05, 3.63) is 57.5 Å². The molecular weight excluding hydrogens is 530 g/mol. The largest absolute Gasteiger partial charge is 0.301 e. The van der Waals surface area contributed by atoms with E-state index < -0.39 is 0 Å². The fourth-order valence-electron chi connectivity index (χ4n) is 2.36. The Morgan fingerprint density at radius 2 is 1.90 bits per heavy atom. The lowest BCUT2D eigenvalue weighted by molar-refractivity contribution is -0.113. The minimum Gasteiger partial charge on any atom is -0.301 e. The first-order valence-corrected chi connectivity index (χ1v) is 12.1. The van der Waals surface area contributed by atoms with Crippen LogP contribution in [0, 0.1) is 0 Å². The second kappa shape index (κ2) is 9.40. The molecule has 0 fully saturated rings. The highest BCUT2D eigenvalue weighted by atomic mass is 79.9. The highest BCUT2D eigenvalue weighted by molar-refractivity contribution is 9.10. The van der Waals surface area contributed by atoms with E-state index in [2.05, 4.69) is 41.7 Å². The fraction of sp³-hybridized carbons (Fsp3) is 0.0556. The van der Waals surface area contributed by atoms with Crippen molar-refractivity contribution in [3.63, 3.8) is 0 Å². The summed E-state index contributed by atoms with van der Waals surface area (Å²) < 4.78 is 2.31. The smallest absolute Gasteiger partial charge is 0.259 e. The normalized spacial score (nSPS) is 10.9. The molecule has 4 aromatic rings. The zero-order chi connectivity index (χ0) is 21.1. The van der Waals surface area contributed by atoms with Gasteiger partial charge in [-0.05, 0) is 30.3 Å². The average Bonchev–Trinajstić information content (AvgIpc) is 3.34. The third-order valence-corrected chi connectivity index (χ3v) is 7.41. The molecule has 0 radical (unpaired) electrons. The number of para-hydroxylation sites is 1. The summed E-state index contributed by atoms with van der Waals surface area (Å²) in [5.74, 6) is -0.431. The van der Waals surface area contributed by atoms with Crippen molar-refractivity contribution in [2.45, 2.75) is 4.34 Å². The Labute approximate surface area is 196 Å². The van der Waals surface area contributed by atoms with Crippen molar-refractivity contribution < 1.29 is 9.59 Å². The Kier molecular flexibility index (Phi) is 6.64. The van der Waals surface area contributed by atoms with Crippen LogP contribution in [0.25, 0.3) is 10.2 Å². The molecule has 2 aromatic carbocycles. The number of carbonyl (C=O) groups is 2. The van der Waals surface area contributed by atoms with E-state index in [9.17, 15) is 9.59 Å². The van der Waals surface area contributed by atoms with E-state index in [0.29, 0.717) is 25.2 Å². The SMILES string of the molecule is O=C(CSc1nnc(NC(=O)c2cc(Br)ccc2Cl)s1)Nc1nc2ccccc2s1. The molecule has 152 valence electrons. The van der Waals surface area contributed by atoms with Gasteiger partial charge >= 0.3 is 0 Å². The molecule has 2 heterocycles. The van der Waals surface area contributed by atoms with Gasteiger partial charge in [0, 0.05) is 4.47 Å². The second-order valence-corrected chi connectivity index (χ2v) is 10.3. The molecule has 0 saturated carbocycles. The lowest BCUT2D eigenvalue weighted by atomic mass is 10.2. The van der Waals surface area contributed by atoms with Gasteiger partial charge in [0.05, 0.1) is 26.6 Å². The van der Waals surface area contributed by atoms with Crippen LogP contribution in [0.5, 0.6) is 0 Å². The number of halogens is 2. The first-order chi connectivity index (χ1) is 14.5. The van der Waals surface area contributed by atoms with Crippen LogP contribution in [0.2, 0.25) is 5.02 Å². The van der Waals surface area contributed by atoms with Crippen molar-refractivity contribution in [1.82, 2.24) is 15.2 Å². The third kappa shape index (κ3) is 5.16. The molecule has 0 aliphatic rings. The molecule has 0 spiro atoms. The number of hydrogen-bond donors (Lipinski definition) is 2. The van der Waals surface area contributed by atoms with Gasteiger partial charge in [-0.25, -0.2) is 4.98 Å². The van der Waals surface area contributed by atoms with Crippen molar-refractivity contribution in [2.75, 3.05) is 16.4 Å². The molecule has 12 heteroatoms. The quantitative estimate of drug-likeness (QED) is 0.246. The van der Waals surface area contributed by atoms with E-state index in [4.69, 9.17) is 11.6 Å². The number of fused-ring (bicyclic) bond motifs is 1. The summed E-state index contributed by atoms with van der Waals surface area (Å²) in [7, 11) is 0. The van der Waals surface area contributed by atoms with Crippen molar-refractivity contribution >= 4 is 94.3 Å². The molecule has 2 aromatic heterocycles. The van der Waals surface area contributed by atoms with Gasteiger partial charge in [-0.3, -0.25) is 14.9 Å². The fourth-order valence-corrected chi connectivity index (χ4v) is 5.36. The van der Waals surface area contributed by atoms with Crippen LogP contribution in [0.15, 0.2) is 51.3 Å². The predicted octanol–water partition coefficient (Wildman–Crippen LogP) is 5.55. The second-order valence-electron chi connectivity index (χ2n) is 5.78. The number of rotatable bonds is 6. The highest BCUT2D eigenvalue weighted by Gasteiger charge is 2.15. The zero-order valence-corrected chi connectivity index (χ0v) is 19.7. The van der Waals surface area contributed by atoms with Crippen LogP contribution in [-0.2, 0) is 4.79 Å². The van der Waals surface area contributed by atoms with Gasteiger partial charge in [0.1, 0.15) is 0 Å². The summed E-state index contributed by atoms with van der Waals surface area (Å²) in [6.07, 6.45) is 0. The Morgan fingerprint density at radius 3 is 2.73 bits per heavy atom. The minimum absolute atomic E-state index is 0.149. The van der Waals surface area contributed by atoms with Gasteiger partial charge in [-0.15, -0.1) is 10.2 Å². The van der Waals surface area contributed by atoms with Crippen LogP contribution >= 0.6 is 62.0 Å². The maximum absolute atomic E-state index is 12.4. The Bertz CT molecular complexity index is 1210. The predicted molar refractivity (Wildman–Crippen MR) is 126 cm³/mol. The number of anilines is 2. The number of benzene rings is 2. The lowest BCUT2D eigenvalue weighted by Crippen LogP contribution is -2.13. The molecule has 2 amide bonds. The maximum Gasteiger partial charge on any atom is 0.259 e. The van der Waals surface area contributed by atoms with Gasteiger partial charge in [0.25, 0.3) is 5.91 Å². The molecule has 30 heavy (non-hydrogen) atoms. The van der Waals surface area contributed by atoms with Gasteiger partial charge in [0.2, 0.25) is 11.0 Å². The summed E-state index contributed by atoms with van der Waals surface area (Å²) in [4.78, 5) is 29.0. The standard InChI is InChI=1S/C18H11BrClN5O2S3/c19-9-5-6-11(20)10(7-9)15(27)23-17-24-25-18(30-17)28-8-14(26)22-16-21-12-3-1-2-4-13(12)29-16/h1-7H,8H2,(H,21,22,26)(H,23,24,27). The van der Waals surface area contributed by atoms with E-state index in [1.54, 1.807) is 18.2 Å². The molecule has 4 rings (SSSR count). The summed E-state index contributed by atoms with van der Waals surface area (Å²) in [6.45, 7) is 0. The number of thioether (sulfide) groups is 1. The van der Waals surface area contributed by atoms with Crippen molar-refractivity contribution in [1.29, 1.82) is 0 Å². The van der Waals surface area contributed by atoms with Crippen LogP contribution in [0.3, 0.4) is 0 Å². The summed E-state index contributed by atoms with van der Waals surface area (Å²) in [5, 5.41) is 14.6. The molecule has 7 nitrogen and oxygen atoms in total. The summed E-state index contributed by atoms with van der Waals surface area (Å²) in [5.41, 5.74) is 1.17. The number of thiazole rings is 1. The topological polar surface area (TPSA) is 96.9 Å². The summed E-state index contributed by atoms with van der Waals surface area (Å²) in [6, 6.07) is 12.7. The molecule has 0 aliphatic carbocycles. The van der Waals surface area contributed by atoms with Crippen LogP contribution in [0.1, 0.15) is 10.4 Å². The number of aromatic nitrogens is 3. The number of nitrogens with zero attached hydrogens (tertiary/aromatic N) is 3. The third-order valence-electron chi connectivity index (χ3n) is 3.67. The molecule has 2 N–H and O–H groups in total. The molecule has 0 unspecified atom stereocenters.